The predicted octanol–water partition coefficient (Wildman–Crippen LogP) is 3.30. The van der Waals surface area contributed by atoms with Crippen molar-refractivity contribution >= 4 is 0 Å². The summed E-state index contributed by atoms with van der Waals surface area (Å²) >= 11 is 0. The van der Waals surface area contributed by atoms with Crippen LogP contribution < -0.4 is 0 Å². The molecule has 0 saturated heterocycles. The summed E-state index contributed by atoms with van der Waals surface area (Å²) < 4.78 is 0. The Labute approximate surface area is 110 Å². The first-order chi connectivity index (χ1) is 8.72. The molecule has 4 atom stereocenters. The zero-order valence-electron chi connectivity index (χ0n) is 11.1. The third-order valence-corrected chi connectivity index (χ3v) is 4.35. The quantitative estimate of drug-likeness (QED) is 0.858. The molecule has 100 valence electrons. The summed E-state index contributed by atoms with van der Waals surface area (Å²) in [6, 6.07) is 9.50. The zero-order valence-corrected chi connectivity index (χ0v) is 11.1. The molecular weight excluding hydrogens is 224 g/mol. The number of benzene rings is 1. The summed E-state index contributed by atoms with van der Waals surface area (Å²) in [5.41, 5.74) is 0.823. The maximum absolute atomic E-state index is 10.4. The molecule has 2 heteroatoms. The molecule has 1 aliphatic rings. The second-order valence-electron chi connectivity index (χ2n) is 5.55. The highest BCUT2D eigenvalue weighted by Crippen LogP contribution is 2.36. The minimum atomic E-state index is -0.744. The van der Waals surface area contributed by atoms with Gasteiger partial charge < -0.3 is 10.2 Å². The van der Waals surface area contributed by atoms with Crippen molar-refractivity contribution in [3.05, 3.63) is 35.9 Å². The van der Waals surface area contributed by atoms with Crippen LogP contribution in [0, 0.1) is 11.8 Å². The smallest absolute Gasteiger partial charge is 0.105 e. The highest BCUT2D eigenvalue weighted by atomic mass is 16.3. The molecule has 1 saturated carbocycles. The predicted molar refractivity (Wildman–Crippen MR) is 73.1 cm³/mol. The lowest BCUT2D eigenvalue weighted by molar-refractivity contribution is -0.0349. The van der Waals surface area contributed by atoms with Crippen molar-refractivity contribution < 1.29 is 10.2 Å². The Morgan fingerprint density at radius 1 is 1.17 bits per heavy atom. The topological polar surface area (TPSA) is 40.5 Å². The molecule has 1 aromatic carbocycles. The minimum absolute atomic E-state index is 0.249. The van der Waals surface area contributed by atoms with E-state index in [1.54, 1.807) is 0 Å². The SMILES string of the molecule is CCC1CCCC(C(O)C(O)c2ccccc2)C1. The monoisotopic (exact) mass is 248 g/mol. The summed E-state index contributed by atoms with van der Waals surface area (Å²) in [6.45, 7) is 2.22. The number of aliphatic hydroxyl groups is 2. The maximum Gasteiger partial charge on any atom is 0.105 e. The molecule has 0 aliphatic heterocycles. The molecule has 0 spiro atoms. The van der Waals surface area contributed by atoms with Crippen molar-refractivity contribution in [1.82, 2.24) is 0 Å². The fourth-order valence-corrected chi connectivity index (χ4v) is 3.12. The standard InChI is InChI=1S/C16H24O2/c1-2-12-7-6-10-14(11-12)16(18)15(17)13-8-4-3-5-9-13/h3-5,8-9,12,14-18H,2,6-7,10-11H2,1H3. The van der Waals surface area contributed by atoms with Gasteiger partial charge in [0.05, 0.1) is 6.10 Å². The first kappa shape index (κ1) is 13.6. The van der Waals surface area contributed by atoms with Crippen LogP contribution in [0.1, 0.15) is 50.7 Å². The molecule has 0 radical (unpaired) electrons. The van der Waals surface area contributed by atoms with Crippen molar-refractivity contribution in [1.29, 1.82) is 0 Å². The van der Waals surface area contributed by atoms with Crippen molar-refractivity contribution in [3.8, 4) is 0 Å². The van der Waals surface area contributed by atoms with E-state index in [-0.39, 0.29) is 5.92 Å². The van der Waals surface area contributed by atoms with Crippen LogP contribution in [0.25, 0.3) is 0 Å². The second-order valence-corrected chi connectivity index (χ2v) is 5.55. The molecule has 4 unspecified atom stereocenters. The molecule has 1 fully saturated rings. The first-order valence-corrected chi connectivity index (χ1v) is 7.13. The van der Waals surface area contributed by atoms with Crippen LogP contribution in [0.15, 0.2) is 30.3 Å². The van der Waals surface area contributed by atoms with E-state index in [4.69, 9.17) is 0 Å². The van der Waals surface area contributed by atoms with Gasteiger partial charge in [0.1, 0.15) is 6.10 Å². The van der Waals surface area contributed by atoms with Crippen LogP contribution in [0.4, 0.5) is 0 Å². The molecule has 0 bridgehead atoms. The largest absolute Gasteiger partial charge is 0.390 e. The fourth-order valence-electron chi connectivity index (χ4n) is 3.12. The Bertz CT molecular complexity index is 349. The molecule has 0 heterocycles. The van der Waals surface area contributed by atoms with Gasteiger partial charge in [0.2, 0.25) is 0 Å². The average Bonchev–Trinajstić information content (AvgIpc) is 2.46. The van der Waals surface area contributed by atoms with Crippen LogP contribution in [0.5, 0.6) is 0 Å². The molecule has 0 amide bonds. The van der Waals surface area contributed by atoms with Crippen LogP contribution in [0.3, 0.4) is 0 Å². The number of aliphatic hydroxyl groups excluding tert-OH is 2. The van der Waals surface area contributed by atoms with Gasteiger partial charge in [0, 0.05) is 0 Å². The van der Waals surface area contributed by atoms with E-state index >= 15 is 0 Å². The number of rotatable bonds is 4. The van der Waals surface area contributed by atoms with Crippen LogP contribution >= 0.6 is 0 Å². The Kier molecular flexibility index (Phi) is 4.79. The van der Waals surface area contributed by atoms with E-state index in [2.05, 4.69) is 6.92 Å². The summed E-state index contributed by atoms with van der Waals surface area (Å²) in [5, 5.41) is 20.6. The lowest BCUT2D eigenvalue weighted by Gasteiger charge is -2.33. The van der Waals surface area contributed by atoms with Gasteiger partial charge in [-0.25, -0.2) is 0 Å². The lowest BCUT2D eigenvalue weighted by atomic mass is 9.76. The average molecular weight is 248 g/mol. The van der Waals surface area contributed by atoms with Crippen molar-refractivity contribution in [2.24, 2.45) is 11.8 Å². The van der Waals surface area contributed by atoms with Crippen LogP contribution in [-0.4, -0.2) is 16.3 Å². The second kappa shape index (κ2) is 6.35. The summed E-state index contributed by atoms with van der Waals surface area (Å²) in [6.07, 6.45) is 4.38. The van der Waals surface area contributed by atoms with E-state index in [0.29, 0.717) is 0 Å². The van der Waals surface area contributed by atoms with E-state index in [1.807, 2.05) is 30.3 Å². The van der Waals surface area contributed by atoms with Gasteiger partial charge in [-0.05, 0) is 30.2 Å². The lowest BCUT2D eigenvalue weighted by Crippen LogP contribution is -2.31. The summed E-state index contributed by atoms with van der Waals surface area (Å²) in [5.74, 6) is 0.972. The third kappa shape index (κ3) is 3.12. The van der Waals surface area contributed by atoms with Crippen molar-refractivity contribution in [2.45, 2.75) is 51.2 Å². The normalized spacial score (nSPS) is 27.7. The molecule has 2 N–H and O–H groups in total. The maximum atomic E-state index is 10.4. The molecule has 0 aromatic heterocycles. The van der Waals surface area contributed by atoms with Gasteiger partial charge >= 0.3 is 0 Å². The van der Waals surface area contributed by atoms with Crippen LogP contribution in [0.2, 0.25) is 0 Å². The van der Waals surface area contributed by atoms with Gasteiger partial charge in [0.15, 0.2) is 0 Å². The van der Waals surface area contributed by atoms with E-state index in [9.17, 15) is 10.2 Å². The number of hydrogen-bond acceptors (Lipinski definition) is 2. The van der Waals surface area contributed by atoms with Gasteiger partial charge in [0.25, 0.3) is 0 Å². The van der Waals surface area contributed by atoms with Gasteiger partial charge in [-0.2, -0.15) is 0 Å². The zero-order chi connectivity index (χ0) is 13.0. The molecule has 2 rings (SSSR count). The van der Waals surface area contributed by atoms with Crippen molar-refractivity contribution in [2.75, 3.05) is 0 Å². The fraction of sp³-hybridized carbons (Fsp3) is 0.625. The van der Waals surface area contributed by atoms with E-state index in [1.165, 1.54) is 19.3 Å². The van der Waals surface area contributed by atoms with Gasteiger partial charge in [-0.1, -0.05) is 56.5 Å². The van der Waals surface area contributed by atoms with Gasteiger partial charge in [-0.3, -0.25) is 0 Å². The molecule has 18 heavy (non-hydrogen) atoms. The Morgan fingerprint density at radius 2 is 1.89 bits per heavy atom. The highest BCUT2D eigenvalue weighted by Gasteiger charge is 2.31. The Morgan fingerprint density at radius 3 is 2.56 bits per heavy atom. The highest BCUT2D eigenvalue weighted by molar-refractivity contribution is 5.18. The van der Waals surface area contributed by atoms with Crippen molar-refractivity contribution in [3.63, 3.8) is 0 Å². The summed E-state index contributed by atoms with van der Waals surface area (Å²) in [4.78, 5) is 0. The summed E-state index contributed by atoms with van der Waals surface area (Å²) in [7, 11) is 0. The third-order valence-electron chi connectivity index (χ3n) is 4.35. The van der Waals surface area contributed by atoms with E-state index in [0.717, 1.165) is 24.3 Å². The Hall–Kier alpha value is -0.860. The first-order valence-electron chi connectivity index (χ1n) is 7.13. The Balaban J connectivity index is 2.00. The van der Waals surface area contributed by atoms with Gasteiger partial charge in [-0.15, -0.1) is 0 Å². The van der Waals surface area contributed by atoms with Crippen LogP contribution in [-0.2, 0) is 0 Å². The molecule has 2 nitrogen and oxygen atoms in total. The van der Waals surface area contributed by atoms with E-state index < -0.39 is 12.2 Å². The number of hydrogen-bond donors (Lipinski definition) is 2. The molecule has 1 aliphatic carbocycles. The minimum Gasteiger partial charge on any atom is -0.390 e. The molecular formula is C16H24O2. The molecule has 1 aromatic rings.